The van der Waals surface area contributed by atoms with Crippen molar-refractivity contribution in [2.75, 3.05) is 9.80 Å². The van der Waals surface area contributed by atoms with Crippen LogP contribution in [0.2, 0.25) is 0 Å². The first kappa shape index (κ1) is 36.7. The predicted molar refractivity (Wildman–Crippen MR) is 250 cm³/mol. The maximum Gasteiger partial charge on any atom is 0.0468 e. The van der Waals surface area contributed by atoms with Gasteiger partial charge in [0, 0.05) is 34.1 Å². The van der Waals surface area contributed by atoms with Gasteiger partial charge in [0.15, 0.2) is 0 Å². The fourth-order valence-corrected chi connectivity index (χ4v) is 8.56. The van der Waals surface area contributed by atoms with Crippen molar-refractivity contribution < 1.29 is 0 Å². The molecule has 0 fully saturated rings. The molecule has 0 aliphatic heterocycles. The van der Waals surface area contributed by atoms with Crippen LogP contribution in [0.15, 0.2) is 206 Å². The van der Waals surface area contributed by atoms with E-state index in [4.69, 9.17) is 0 Å². The van der Waals surface area contributed by atoms with Gasteiger partial charge >= 0.3 is 0 Å². The Hall–Kier alpha value is -6.90. The predicted octanol–water partition coefficient (Wildman–Crippen LogP) is 16.2. The number of anilines is 6. The first-order chi connectivity index (χ1) is 28.7. The standard InChI is InChI=1S/C56H48N2/c1-3-17-41-27-31-47(32-28-41)57(45-23-13-7-14-24-45)49-35-37-51-53(39-49)55(43-19-9-5-10-20-43)52-38-36-50(40-54(52)56(51)44-21-11-6-12-22-44)58(46-25-15-8-16-26-46)48-33-29-42(18-4-2)30-34-48/h5-16,19-40H,3-4,17-18H2,1-2H3. The lowest BCUT2D eigenvalue weighted by atomic mass is 9.85. The minimum Gasteiger partial charge on any atom is -0.310 e. The Labute approximate surface area is 343 Å². The molecule has 2 nitrogen and oxygen atoms in total. The van der Waals surface area contributed by atoms with E-state index in [9.17, 15) is 0 Å². The molecular weight excluding hydrogens is 701 g/mol. The molecule has 0 saturated carbocycles. The number of hydrogen-bond donors (Lipinski definition) is 0. The van der Waals surface area contributed by atoms with Crippen LogP contribution >= 0.6 is 0 Å². The molecule has 0 bridgehead atoms. The molecule has 0 spiro atoms. The fraction of sp³-hybridized carbons (Fsp3) is 0.107. The normalized spacial score (nSPS) is 11.2. The second-order valence-corrected chi connectivity index (χ2v) is 15.1. The van der Waals surface area contributed by atoms with E-state index in [0.717, 1.165) is 59.8 Å². The molecule has 58 heavy (non-hydrogen) atoms. The zero-order valence-corrected chi connectivity index (χ0v) is 33.4. The summed E-state index contributed by atoms with van der Waals surface area (Å²) < 4.78 is 0. The summed E-state index contributed by atoms with van der Waals surface area (Å²) in [5.41, 5.74) is 14.4. The number of hydrogen-bond acceptors (Lipinski definition) is 2. The number of para-hydroxylation sites is 2. The monoisotopic (exact) mass is 748 g/mol. The molecule has 0 N–H and O–H groups in total. The van der Waals surface area contributed by atoms with Gasteiger partial charge in [0.05, 0.1) is 0 Å². The third-order valence-corrected chi connectivity index (χ3v) is 11.2. The van der Waals surface area contributed by atoms with Crippen molar-refractivity contribution >= 4 is 55.7 Å². The van der Waals surface area contributed by atoms with Crippen molar-refractivity contribution in [3.8, 4) is 22.3 Å². The van der Waals surface area contributed by atoms with Crippen LogP contribution in [0.25, 0.3) is 43.8 Å². The summed E-state index contributed by atoms with van der Waals surface area (Å²) in [6, 6.07) is 75.7. The Kier molecular flexibility index (Phi) is 10.6. The highest BCUT2D eigenvalue weighted by Gasteiger charge is 2.22. The number of rotatable bonds is 12. The molecule has 2 heteroatoms. The van der Waals surface area contributed by atoms with Crippen molar-refractivity contribution in [2.24, 2.45) is 0 Å². The average Bonchev–Trinajstić information content (AvgIpc) is 3.28. The van der Waals surface area contributed by atoms with E-state index >= 15 is 0 Å². The molecule has 9 aromatic rings. The molecule has 0 unspecified atom stereocenters. The summed E-state index contributed by atoms with van der Waals surface area (Å²) in [5.74, 6) is 0. The molecule has 0 radical (unpaired) electrons. The van der Waals surface area contributed by atoms with Gasteiger partial charge in [0.2, 0.25) is 0 Å². The Morgan fingerprint density at radius 2 is 0.603 bits per heavy atom. The molecule has 0 heterocycles. The highest BCUT2D eigenvalue weighted by atomic mass is 15.1. The molecule has 0 aromatic heterocycles. The van der Waals surface area contributed by atoms with Crippen LogP contribution in [0.3, 0.4) is 0 Å². The van der Waals surface area contributed by atoms with Gasteiger partial charge in [-0.15, -0.1) is 0 Å². The second kappa shape index (κ2) is 16.7. The van der Waals surface area contributed by atoms with Crippen molar-refractivity contribution in [1.29, 1.82) is 0 Å². The SMILES string of the molecule is CCCc1ccc(N(c2ccccc2)c2ccc3c(-c4ccccc4)c4cc(N(c5ccccc5)c5ccc(CCC)cc5)ccc4c(-c4ccccc4)c3c2)cc1. The van der Waals surface area contributed by atoms with Crippen LogP contribution in [0.1, 0.15) is 37.8 Å². The van der Waals surface area contributed by atoms with Crippen LogP contribution < -0.4 is 9.80 Å². The molecule has 0 atom stereocenters. The minimum atomic E-state index is 1.08. The topological polar surface area (TPSA) is 6.48 Å². The van der Waals surface area contributed by atoms with Crippen molar-refractivity contribution in [3.63, 3.8) is 0 Å². The zero-order chi connectivity index (χ0) is 39.3. The molecule has 0 amide bonds. The number of fused-ring (bicyclic) bond motifs is 2. The van der Waals surface area contributed by atoms with Crippen LogP contribution in [0, 0.1) is 0 Å². The smallest absolute Gasteiger partial charge is 0.0468 e. The summed E-state index contributed by atoms with van der Waals surface area (Å²) >= 11 is 0. The lowest BCUT2D eigenvalue weighted by Gasteiger charge is -2.28. The third kappa shape index (κ3) is 7.26. The number of benzene rings is 9. The molecule has 0 aliphatic rings. The maximum absolute atomic E-state index is 2.42. The molecule has 0 saturated heterocycles. The van der Waals surface area contributed by atoms with E-state index in [2.05, 4.69) is 230 Å². The fourth-order valence-electron chi connectivity index (χ4n) is 8.56. The summed E-state index contributed by atoms with van der Waals surface area (Å²) in [6.45, 7) is 4.48. The quantitative estimate of drug-likeness (QED) is 0.115. The van der Waals surface area contributed by atoms with Gasteiger partial charge in [-0.1, -0.05) is 160 Å². The summed E-state index contributed by atoms with van der Waals surface area (Å²) in [7, 11) is 0. The molecule has 9 rings (SSSR count). The number of nitrogens with zero attached hydrogens (tertiary/aromatic N) is 2. The summed E-state index contributed by atoms with van der Waals surface area (Å²) in [6.07, 6.45) is 4.41. The van der Waals surface area contributed by atoms with Crippen LogP contribution in [-0.2, 0) is 12.8 Å². The Morgan fingerprint density at radius 1 is 0.293 bits per heavy atom. The summed E-state index contributed by atoms with van der Waals surface area (Å²) in [5, 5.41) is 4.88. The van der Waals surface area contributed by atoms with Gasteiger partial charge in [-0.2, -0.15) is 0 Å². The Balaban J connectivity index is 1.32. The minimum absolute atomic E-state index is 1.08. The van der Waals surface area contributed by atoms with Crippen LogP contribution in [-0.4, -0.2) is 0 Å². The lowest BCUT2D eigenvalue weighted by Crippen LogP contribution is -2.10. The molecule has 282 valence electrons. The Morgan fingerprint density at radius 3 is 0.948 bits per heavy atom. The van der Waals surface area contributed by atoms with Crippen molar-refractivity contribution in [3.05, 3.63) is 217 Å². The largest absolute Gasteiger partial charge is 0.310 e. The number of aryl methyl sites for hydroxylation is 2. The van der Waals surface area contributed by atoms with Gasteiger partial charge in [0.1, 0.15) is 0 Å². The van der Waals surface area contributed by atoms with E-state index in [0.29, 0.717) is 0 Å². The van der Waals surface area contributed by atoms with Gasteiger partial charge in [-0.3, -0.25) is 0 Å². The molecule has 9 aromatic carbocycles. The van der Waals surface area contributed by atoms with Gasteiger partial charge in [-0.25, -0.2) is 0 Å². The average molecular weight is 749 g/mol. The van der Waals surface area contributed by atoms with Crippen molar-refractivity contribution in [1.82, 2.24) is 0 Å². The Bertz CT molecular complexity index is 2560. The van der Waals surface area contributed by atoms with E-state index in [1.54, 1.807) is 0 Å². The maximum atomic E-state index is 2.42. The zero-order valence-electron chi connectivity index (χ0n) is 33.4. The first-order valence-electron chi connectivity index (χ1n) is 20.7. The van der Waals surface area contributed by atoms with E-state index in [-0.39, 0.29) is 0 Å². The van der Waals surface area contributed by atoms with E-state index in [1.807, 2.05) is 0 Å². The second-order valence-electron chi connectivity index (χ2n) is 15.1. The lowest BCUT2D eigenvalue weighted by molar-refractivity contribution is 0.922. The van der Waals surface area contributed by atoms with Crippen molar-refractivity contribution in [2.45, 2.75) is 39.5 Å². The summed E-state index contributed by atoms with van der Waals surface area (Å²) in [4.78, 5) is 4.78. The molecule has 0 aliphatic carbocycles. The molecular formula is C56H48N2. The van der Waals surface area contributed by atoms with E-state index in [1.165, 1.54) is 54.9 Å². The van der Waals surface area contributed by atoms with Gasteiger partial charge < -0.3 is 9.80 Å². The highest BCUT2D eigenvalue weighted by Crippen LogP contribution is 2.48. The van der Waals surface area contributed by atoms with Gasteiger partial charge in [-0.05, 0) is 141 Å². The first-order valence-corrected chi connectivity index (χ1v) is 20.7. The van der Waals surface area contributed by atoms with Gasteiger partial charge in [0.25, 0.3) is 0 Å². The van der Waals surface area contributed by atoms with Crippen LogP contribution in [0.5, 0.6) is 0 Å². The highest BCUT2D eigenvalue weighted by molar-refractivity contribution is 6.22. The third-order valence-electron chi connectivity index (χ3n) is 11.2. The van der Waals surface area contributed by atoms with Crippen LogP contribution in [0.4, 0.5) is 34.1 Å². The van der Waals surface area contributed by atoms with E-state index < -0.39 is 0 Å².